The quantitative estimate of drug-likeness (QED) is 0.400. The third-order valence-corrected chi connectivity index (χ3v) is 0.928. The summed E-state index contributed by atoms with van der Waals surface area (Å²) in [6, 6.07) is -0.380. The molecule has 0 saturated carbocycles. The van der Waals surface area contributed by atoms with Crippen molar-refractivity contribution < 1.29 is 4.79 Å². The van der Waals surface area contributed by atoms with Gasteiger partial charge in [-0.05, 0) is 7.05 Å². The van der Waals surface area contributed by atoms with Crippen LogP contribution in [0.2, 0.25) is 0 Å². The van der Waals surface area contributed by atoms with Crippen molar-refractivity contribution in [3.8, 4) is 0 Å². The Morgan fingerprint density at radius 2 is 2.38 bits per heavy atom. The van der Waals surface area contributed by atoms with Gasteiger partial charge in [0.05, 0.1) is 6.04 Å². The van der Waals surface area contributed by atoms with Crippen LogP contribution in [-0.4, -0.2) is 25.5 Å². The van der Waals surface area contributed by atoms with Crippen molar-refractivity contribution in [2.24, 2.45) is 11.5 Å². The second-order valence-electron chi connectivity index (χ2n) is 1.48. The van der Waals surface area contributed by atoms with E-state index in [1.54, 1.807) is 7.05 Å². The lowest BCUT2D eigenvalue weighted by molar-refractivity contribution is -0.119. The Hall–Kier alpha value is -0.610. The minimum absolute atomic E-state index is 0.256. The van der Waals surface area contributed by atoms with Gasteiger partial charge in [0.25, 0.3) is 0 Å². The van der Waals surface area contributed by atoms with E-state index in [4.69, 9.17) is 11.5 Å². The molecular formula is C4H11N3O. The SMILES string of the molecule is CNC(CN)C(N)=O. The van der Waals surface area contributed by atoms with Gasteiger partial charge in [0, 0.05) is 6.54 Å². The van der Waals surface area contributed by atoms with Crippen molar-refractivity contribution in [1.82, 2.24) is 5.32 Å². The molecule has 0 heterocycles. The van der Waals surface area contributed by atoms with Crippen molar-refractivity contribution in [2.45, 2.75) is 6.04 Å². The second-order valence-corrected chi connectivity index (χ2v) is 1.48. The van der Waals surface area contributed by atoms with Crippen LogP contribution in [0.25, 0.3) is 0 Å². The fourth-order valence-electron chi connectivity index (χ4n) is 0.376. The molecule has 0 spiro atoms. The Balaban J connectivity index is 3.52. The Kier molecular flexibility index (Phi) is 3.14. The standard InChI is InChI=1S/C4H11N3O/c1-7-3(2-5)4(6)8/h3,7H,2,5H2,1H3,(H2,6,8). The van der Waals surface area contributed by atoms with E-state index >= 15 is 0 Å². The number of nitrogens with two attached hydrogens (primary N) is 2. The van der Waals surface area contributed by atoms with Gasteiger partial charge in [0.15, 0.2) is 0 Å². The first-order valence-corrected chi connectivity index (χ1v) is 2.39. The molecule has 0 saturated heterocycles. The Morgan fingerprint density at radius 1 is 1.88 bits per heavy atom. The van der Waals surface area contributed by atoms with Crippen molar-refractivity contribution in [1.29, 1.82) is 0 Å². The Bertz CT molecular complexity index is 79.4. The van der Waals surface area contributed by atoms with Gasteiger partial charge in [-0.15, -0.1) is 0 Å². The summed E-state index contributed by atoms with van der Waals surface area (Å²) in [5.74, 6) is -0.407. The van der Waals surface area contributed by atoms with E-state index in [-0.39, 0.29) is 12.6 Å². The topological polar surface area (TPSA) is 81.1 Å². The van der Waals surface area contributed by atoms with Gasteiger partial charge < -0.3 is 16.8 Å². The van der Waals surface area contributed by atoms with E-state index in [2.05, 4.69) is 5.32 Å². The number of amides is 1. The number of rotatable bonds is 3. The van der Waals surface area contributed by atoms with Crippen LogP contribution in [0.1, 0.15) is 0 Å². The zero-order chi connectivity index (χ0) is 6.57. The highest BCUT2D eigenvalue weighted by Gasteiger charge is 2.07. The number of carbonyl (C=O) groups excluding carboxylic acids is 1. The normalized spacial score (nSPS) is 13.2. The van der Waals surface area contributed by atoms with Crippen molar-refractivity contribution in [2.75, 3.05) is 13.6 Å². The van der Waals surface area contributed by atoms with Crippen LogP contribution < -0.4 is 16.8 Å². The predicted octanol–water partition coefficient (Wildman–Crippen LogP) is -1.98. The van der Waals surface area contributed by atoms with Crippen molar-refractivity contribution in [3.63, 3.8) is 0 Å². The molecule has 0 aromatic carbocycles. The molecule has 4 heteroatoms. The molecule has 1 amide bonds. The van der Waals surface area contributed by atoms with Gasteiger partial charge >= 0.3 is 0 Å². The zero-order valence-electron chi connectivity index (χ0n) is 4.85. The average molecular weight is 117 g/mol. The summed E-state index contributed by atoms with van der Waals surface area (Å²) in [4.78, 5) is 10.2. The van der Waals surface area contributed by atoms with Crippen LogP contribution in [0.5, 0.6) is 0 Å². The first-order valence-electron chi connectivity index (χ1n) is 2.39. The number of likely N-dealkylation sites (N-methyl/N-ethyl adjacent to an activating group) is 1. The van der Waals surface area contributed by atoms with E-state index in [0.717, 1.165) is 0 Å². The van der Waals surface area contributed by atoms with E-state index in [0.29, 0.717) is 0 Å². The third kappa shape index (κ3) is 1.90. The molecule has 1 atom stereocenters. The fourth-order valence-corrected chi connectivity index (χ4v) is 0.376. The average Bonchev–Trinajstić information content (AvgIpc) is 1.69. The van der Waals surface area contributed by atoms with Crippen LogP contribution in [0.4, 0.5) is 0 Å². The summed E-state index contributed by atoms with van der Waals surface area (Å²) in [5, 5.41) is 2.65. The second kappa shape index (κ2) is 3.40. The van der Waals surface area contributed by atoms with E-state index in [1.807, 2.05) is 0 Å². The largest absolute Gasteiger partial charge is 0.368 e. The number of hydrogen-bond donors (Lipinski definition) is 3. The van der Waals surface area contributed by atoms with Gasteiger partial charge in [0.2, 0.25) is 5.91 Å². The smallest absolute Gasteiger partial charge is 0.235 e. The van der Waals surface area contributed by atoms with Gasteiger partial charge in [-0.3, -0.25) is 4.79 Å². The van der Waals surface area contributed by atoms with Crippen LogP contribution >= 0.6 is 0 Å². The molecule has 48 valence electrons. The highest BCUT2D eigenvalue weighted by atomic mass is 16.1. The van der Waals surface area contributed by atoms with Crippen LogP contribution in [0.3, 0.4) is 0 Å². The van der Waals surface area contributed by atoms with Crippen molar-refractivity contribution >= 4 is 5.91 Å². The van der Waals surface area contributed by atoms with Gasteiger partial charge in [-0.2, -0.15) is 0 Å². The Morgan fingerprint density at radius 3 is 2.38 bits per heavy atom. The van der Waals surface area contributed by atoms with Crippen molar-refractivity contribution in [3.05, 3.63) is 0 Å². The van der Waals surface area contributed by atoms with E-state index in [1.165, 1.54) is 0 Å². The maximum absolute atomic E-state index is 10.2. The summed E-state index contributed by atoms with van der Waals surface area (Å²) < 4.78 is 0. The minimum atomic E-state index is -0.407. The molecule has 0 radical (unpaired) electrons. The first kappa shape index (κ1) is 7.39. The molecule has 0 rings (SSSR count). The fraction of sp³-hybridized carbons (Fsp3) is 0.750. The number of hydrogen-bond acceptors (Lipinski definition) is 3. The number of primary amides is 1. The molecule has 0 aliphatic rings. The predicted molar refractivity (Wildman–Crippen MR) is 31.1 cm³/mol. The lowest BCUT2D eigenvalue weighted by atomic mass is 10.3. The number of carbonyl (C=O) groups is 1. The molecule has 0 bridgehead atoms. The van der Waals surface area contributed by atoms with Crippen LogP contribution in [0, 0.1) is 0 Å². The van der Waals surface area contributed by atoms with E-state index in [9.17, 15) is 4.79 Å². The molecule has 4 nitrogen and oxygen atoms in total. The lowest BCUT2D eigenvalue weighted by Crippen LogP contribution is -2.44. The molecule has 5 N–H and O–H groups in total. The monoisotopic (exact) mass is 117 g/mol. The summed E-state index contributed by atoms with van der Waals surface area (Å²) in [7, 11) is 1.64. The molecular weight excluding hydrogens is 106 g/mol. The molecule has 0 aromatic heterocycles. The summed E-state index contributed by atoms with van der Waals surface area (Å²) >= 11 is 0. The Labute approximate surface area is 48.2 Å². The van der Waals surface area contributed by atoms with Gasteiger partial charge in [0.1, 0.15) is 0 Å². The van der Waals surface area contributed by atoms with Crippen LogP contribution in [-0.2, 0) is 4.79 Å². The zero-order valence-corrected chi connectivity index (χ0v) is 4.85. The molecule has 0 aliphatic heterocycles. The molecule has 1 unspecified atom stereocenters. The molecule has 8 heavy (non-hydrogen) atoms. The van der Waals surface area contributed by atoms with Gasteiger partial charge in [-0.1, -0.05) is 0 Å². The maximum atomic E-state index is 10.2. The molecule has 0 aromatic rings. The lowest BCUT2D eigenvalue weighted by Gasteiger charge is -2.06. The molecule has 0 aliphatic carbocycles. The summed E-state index contributed by atoms with van der Waals surface area (Å²) in [5.41, 5.74) is 10.00. The molecule has 0 fully saturated rings. The maximum Gasteiger partial charge on any atom is 0.235 e. The van der Waals surface area contributed by atoms with Gasteiger partial charge in [-0.25, -0.2) is 0 Å². The third-order valence-electron chi connectivity index (χ3n) is 0.928. The number of nitrogens with one attached hydrogen (secondary N) is 1. The van der Waals surface area contributed by atoms with E-state index < -0.39 is 5.91 Å². The summed E-state index contributed by atoms with van der Waals surface area (Å²) in [6.07, 6.45) is 0. The van der Waals surface area contributed by atoms with Crippen LogP contribution in [0.15, 0.2) is 0 Å². The summed E-state index contributed by atoms with van der Waals surface area (Å²) in [6.45, 7) is 0.256. The first-order chi connectivity index (χ1) is 3.72. The highest BCUT2D eigenvalue weighted by Crippen LogP contribution is 1.71. The minimum Gasteiger partial charge on any atom is -0.368 e. The highest BCUT2D eigenvalue weighted by molar-refractivity contribution is 5.79.